The monoisotopic (exact) mass is 395 g/mol. The number of imide groups is 1. The van der Waals surface area contributed by atoms with Crippen molar-refractivity contribution in [2.75, 3.05) is 13.7 Å². The van der Waals surface area contributed by atoms with E-state index in [0.717, 1.165) is 29.1 Å². The third-order valence-electron chi connectivity index (χ3n) is 5.94. The smallest absolute Gasteiger partial charge is 0.325 e. The van der Waals surface area contributed by atoms with Crippen molar-refractivity contribution < 1.29 is 19.1 Å². The van der Waals surface area contributed by atoms with Gasteiger partial charge in [-0.1, -0.05) is 12.1 Å². The highest BCUT2D eigenvalue weighted by molar-refractivity contribution is 6.11. The number of nitrogens with zero attached hydrogens (tertiary/aromatic N) is 2. The Morgan fingerprint density at radius 2 is 1.86 bits per heavy atom. The number of hydrogen-bond acceptors (Lipinski definition) is 4. The van der Waals surface area contributed by atoms with E-state index in [4.69, 9.17) is 4.74 Å². The van der Waals surface area contributed by atoms with Gasteiger partial charge in [0.2, 0.25) is 0 Å². The number of ketones is 1. The van der Waals surface area contributed by atoms with Gasteiger partial charge >= 0.3 is 6.03 Å². The van der Waals surface area contributed by atoms with E-state index < -0.39 is 17.5 Å². The quantitative estimate of drug-likeness (QED) is 0.602. The van der Waals surface area contributed by atoms with E-state index >= 15 is 0 Å². The normalized spacial score (nSPS) is 21.4. The second-order valence-electron chi connectivity index (χ2n) is 7.98. The minimum atomic E-state index is -1.21. The summed E-state index contributed by atoms with van der Waals surface area (Å²) in [5, 5.41) is 2.74. The van der Waals surface area contributed by atoms with Crippen LogP contribution >= 0.6 is 0 Å². The third-order valence-corrected chi connectivity index (χ3v) is 5.94. The second-order valence-corrected chi connectivity index (χ2v) is 7.98. The summed E-state index contributed by atoms with van der Waals surface area (Å²) in [5.74, 6) is -0.00308. The Bertz CT molecular complexity index is 1000. The molecule has 1 aromatic carbocycles. The fraction of sp³-hybridized carbons (Fsp3) is 0.409. The van der Waals surface area contributed by atoms with Crippen LogP contribution in [0.3, 0.4) is 0 Å². The Morgan fingerprint density at radius 1 is 1.21 bits per heavy atom. The van der Waals surface area contributed by atoms with Crippen molar-refractivity contribution in [3.05, 3.63) is 52.8 Å². The molecule has 2 aromatic rings. The zero-order chi connectivity index (χ0) is 20.9. The molecule has 0 spiro atoms. The van der Waals surface area contributed by atoms with E-state index in [2.05, 4.69) is 9.88 Å². The number of aromatic nitrogens is 1. The molecule has 1 aliphatic heterocycles. The van der Waals surface area contributed by atoms with Crippen molar-refractivity contribution in [3.63, 3.8) is 0 Å². The molecule has 1 saturated heterocycles. The second kappa shape index (κ2) is 6.76. The fourth-order valence-electron chi connectivity index (χ4n) is 4.14. The highest BCUT2D eigenvalue weighted by Crippen LogP contribution is 2.38. The van der Waals surface area contributed by atoms with Crippen molar-refractivity contribution in [1.82, 2.24) is 14.8 Å². The van der Waals surface area contributed by atoms with Gasteiger partial charge in [0.1, 0.15) is 11.3 Å². The number of ether oxygens (including phenoxy) is 1. The van der Waals surface area contributed by atoms with Gasteiger partial charge in [-0.2, -0.15) is 0 Å². The number of rotatable bonds is 6. The van der Waals surface area contributed by atoms with Crippen molar-refractivity contribution in [1.29, 1.82) is 0 Å². The number of carbonyl (C=O) groups excluding carboxylic acids is 3. The third kappa shape index (κ3) is 3.10. The molecule has 1 saturated carbocycles. The van der Waals surface area contributed by atoms with Gasteiger partial charge in [0.05, 0.1) is 13.7 Å². The molecule has 1 aromatic heterocycles. The average molecular weight is 395 g/mol. The maximum Gasteiger partial charge on any atom is 0.325 e. The number of carbonyl (C=O) groups is 3. The highest BCUT2D eigenvalue weighted by Gasteiger charge is 2.49. The van der Waals surface area contributed by atoms with Crippen LogP contribution in [0.5, 0.6) is 5.75 Å². The predicted molar refractivity (Wildman–Crippen MR) is 107 cm³/mol. The Hall–Kier alpha value is -3.09. The highest BCUT2D eigenvalue weighted by atomic mass is 16.5. The lowest BCUT2D eigenvalue weighted by Gasteiger charge is -2.22. The van der Waals surface area contributed by atoms with E-state index in [1.54, 1.807) is 38.3 Å². The Balaban J connectivity index is 1.56. The van der Waals surface area contributed by atoms with Crippen LogP contribution < -0.4 is 10.1 Å². The van der Waals surface area contributed by atoms with Crippen LogP contribution in [0, 0.1) is 13.8 Å². The van der Waals surface area contributed by atoms with Crippen molar-refractivity contribution in [3.8, 4) is 5.75 Å². The first-order chi connectivity index (χ1) is 13.8. The Morgan fingerprint density at radius 3 is 2.45 bits per heavy atom. The van der Waals surface area contributed by atoms with Gasteiger partial charge in [0.15, 0.2) is 5.78 Å². The number of hydrogen-bond donors (Lipinski definition) is 1. The van der Waals surface area contributed by atoms with Crippen LogP contribution in [0.4, 0.5) is 4.79 Å². The summed E-state index contributed by atoms with van der Waals surface area (Å²) in [6.45, 7) is 5.28. The van der Waals surface area contributed by atoms with Crippen LogP contribution in [0.25, 0.3) is 0 Å². The van der Waals surface area contributed by atoms with Gasteiger partial charge in [-0.3, -0.25) is 14.5 Å². The van der Waals surface area contributed by atoms with Crippen molar-refractivity contribution in [2.45, 2.75) is 45.2 Å². The summed E-state index contributed by atoms with van der Waals surface area (Å²) >= 11 is 0. The molecule has 29 heavy (non-hydrogen) atoms. The largest absolute Gasteiger partial charge is 0.497 e. The average Bonchev–Trinajstić information content (AvgIpc) is 3.45. The van der Waals surface area contributed by atoms with Crippen LogP contribution in [-0.2, 0) is 10.3 Å². The lowest BCUT2D eigenvalue weighted by Crippen LogP contribution is -2.41. The lowest BCUT2D eigenvalue weighted by molar-refractivity contribution is -0.130. The summed E-state index contributed by atoms with van der Waals surface area (Å²) in [4.78, 5) is 39.6. The number of Topliss-reactive ketones (excluding diaryl/α,β-unsaturated/α-hetero) is 1. The van der Waals surface area contributed by atoms with Crippen LogP contribution in [0.1, 0.15) is 53.1 Å². The van der Waals surface area contributed by atoms with E-state index in [-0.39, 0.29) is 12.3 Å². The Labute approximate surface area is 169 Å². The van der Waals surface area contributed by atoms with E-state index in [1.807, 2.05) is 19.9 Å². The maximum absolute atomic E-state index is 13.1. The summed E-state index contributed by atoms with van der Waals surface area (Å²) in [7, 11) is 1.56. The van der Waals surface area contributed by atoms with E-state index in [1.165, 1.54) is 0 Å². The van der Waals surface area contributed by atoms with Crippen LogP contribution in [0.2, 0.25) is 0 Å². The molecule has 7 heteroatoms. The lowest BCUT2D eigenvalue weighted by atomic mass is 9.92. The van der Waals surface area contributed by atoms with Crippen LogP contribution in [-0.4, -0.2) is 40.8 Å². The standard InChI is InChI=1S/C22H25N3O4/c1-13-11-18(14(2)25(13)16-7-8-16)19(26)12-24-20(27)22(3,23-21(24)28)15-5-9-17(29-4)10-6-15/h5-6,9-11,16H,7-8,12H2,1-4H3,(H,23,28)/t22-/m0/s1. The van der Waals surface area contributed by atoms with Gasteiger partial charge in [0, 0.05) is 23.0 Å². The summed E-state index contributed by atoms with van der Waals surface area (Å²) < 4.78 is 7.33. The molecular formula is C22H25N3O4. The van der Waals surface area contributed by atoms with E-state index in [9.17, 15) is 14.4 Å². The molecule has 1 atom stereocenters. The molecule has 152 valence electrons. The van der Waals surface area contributed by atoms with Gasteiger partial charge in [0.25, 0.3) is 5.91 Å². The SMILES string of the molecule is COc1ccc([C@]2(C)NC(=O)N(CC(=O)c3cc(C)n(C4CC4)c3C)C2=O)cc1. The number of amides is 3. The van der Waals surface area contributed by atoms with Gasteiger partial charge in [-0.15, -0.1) is 0 Å². The van der Waals surface area contributed by atoms with Crippen molar-refractivity contribution in [2.24, 2.45) is 0 Å². The first-order valence-corrected chi connectivity index (χ1v) is 9.76. The zero-order valence-corrected chi connectivity index (χ0v) is 17.1. The molecule has 7 nitrogen and oxygen atoms in total. The molecule has 2 aliphatic rings. The number of nitrogens with one attached hydrogen (secondary N) is 1. The summed E-state index contributed by atoms with van der Waals surface area (Å²) in [6, 6.07) is 8.72. The summed E-state index contributed by atoms with van der Waals surface area (Å²) in [6.07, 6.45) is 2.24. The number of aryl methyl sites for hydroxylation is 1. The summed E-state index contributed by atoms with van der Waals surface area (Å²) in [5.41, 5.74) is 1.94. The molecule has 0 bridgehead atoms. The molecule has 2 fully saturated rings. The van der Waals surface area contributed by atoms with Crippen LogP contribution in [0.15, 0.2) is 30.3 Å². The fourth-order valence-corrected chi connectivity index (χ4v) is 4.14. The predicted octanol–water partition coefficient (Wildman–Crippen LogP) is 3.10. The first-order valence-electron chi connectivity index (χ1n) is 9.76. The number of urea groups is 1. The molecular weight excluding hydrogens is 370 g/mol. The molecule has 2 heterocycles. The maximum atomic E-state index is 13.1. The first kappa shape index (κ1) is 19.2. The zero-order valence-electron chi connectivity index (χ0n) is 17.1. The topological polar surface area (TPSA) is 80.6 Å². The van der Waals surface area contributed by atoms with Crippen molar-refractivity contribution >= 4 is 17.7 Å². The van der Waals surface area contributed by atoms with E-state index in [0.29, 0.717) is 22.9 Å². The number of benzene rings is 1. The minimum absolute atomic E-state index is 0.229. The molecule has 3 amide bonds. The molecule has 4 rings (SSSR count). The minimum Gasteiger partial charge on any atom is -0.497 e. The van der Waals surface area contributed by atoms with Gasteiger partial charge in [-0.25, -0.2) is 4.79 Å². The van der Waals surface area contributed by atoms with Gasteiger partial charge in [-0.05, 0) is 57.4 Å². The molecule has 0 unspecified atom stereocenters. The van der Waals surface area contributed by atoms with Gasteiger partial charge < -0.3 is 14.6 Å². The number of methoxy groups -OCH3 is 1. The molecule has 1 N–H and O–H groups in total. The molecule has 1 aliphatic carbocycles. The Kier molecular flexibility index (Phi) is 4.48. The molecule has 0 radical (unpaired) electrons.